The van der Waals surface area contributed by atoms with Gasteiger partial charge in [-0.15, -0.1) is 0 Å². The smallest absolute Gasteiger partial charge is 0.320 e. The molecule has 10 N–H and O–H groups in total. The lowest BCUT2D eigenvalue weighted by Crippen LogP contribution is -2.34. The van der Waals surface area contributed by atoms with Gasteiger partial charge >= 0.3 is 17.9 Å². The number of benzene rings is 1. The first kappa shape index (κ1) is 29.4. The number of aliphatic carboxylic acids is 3. The van der Waals surface area contributed by atoms with E-state index in [4.69, 9.17) is 32.5 Å². The molecular formula is C21H34N4O6S. The van der Waals surface area contributed by atoms with Crippen molar-refractivity contribution in [2.75, 3.05) is 12.0 Å². The lowest BCUT2D eigenvalue weighted by atomic mass is 10.1. The highest BCUT2D eigenvalue weighted by Gasteiger charge is 2.15. The molecular weight excluding hydrogens is 436 g/mol. The maximum atomic E-state index is 10.6. The van der Waals surface area contributed by atoms with Crippen LogP contribution < -0.4 is 17.2 Å². The Morgan fingerprint density at radius 1 is 0.969 bits per heavy atom. The van der Waals surface area contributed by atoms with Crippen LogP contribution >= 0.6 is 11.8 Å². The predicted octanol–water partition coefficient (Wildman–Crippen LogP) is 1.33. The van der Waals surface area contributed by atoms with E-state index in [1.165, 1.54) is 0 Å². The van der Waals surface area contributed by atoms with Gasteiger partial charge < -0.3 is 37.5 Å². The summed E-state index contributed by atoms with van der Waals surface area (Å²) < 4.78 is 0. The molecule has 3 unspecified atom stereocenters. The first-order valence-electron chi connectivity index (χ1n) is 9.91. The highest BCUT2D eigenvalue weighted by molar-refractivity contribution is 7.98. The molecule has 0 aliphatic heterocycles. The van der Waals surface area contributed by atoms with Gasteiger partial charge in [0.25, 0.3) is 0 Å². The van der Waals surface area contributed by atoms with Gasteiger partial charge in [-0.2, -0.15) is 11.8 Å². The number of H-pyrrole nitrogens is 1. The molecule has 1 aromatic heterocycles. The Morgan fingerprint density at radius 2 is 1.53 bits per heavy atom. The van der Waals surface area contributed by atoms with E-state index in [0.29, 0.717) is 12.8 Å². The lowest BCUT2D eigenvalue weighted by molar-refractivity contribution is -0.140. The summed E-state index contributed by atoms with van der Waals surface area (Å²) in [6.45, 7) is 3.55. The van der Waals surface area contributed by atoms with Crippen molar-refractivity contribution in [3.8, 4) is 0 Å². The third-order valence-corrected chi connectivity index (χ3v) is 5.03. The molecule has 10 nitrogen and oxygen atoms in total. The van der Waals surface area contributed by atoms with Crippen molar-refractivity contribution < 1.29 is 29.7 Å². The highest BCUT2D eigenvalue weighted by Crippen LogP contribution is 2.18. The molecule has 0 amide bonds. The van der Waals surface area contributed by atoms with Gasteiger partial charge in [0.15, 0.2) is 0 Å². The summed E-state index contributed by atoms with van der Waals surface area (Å²) in [7, 11) is 0. The quantitative estimate of drug-likeness (QED) is 0.280. The Labute approximate surface area is 191 Å². The Balaban J connectivity index is 0.000000490. The fourth-order valence-electron chi connectivity index (χ4n) is 2.28. The summed E-state index contributed by atoms with van der Waals surface area (Å²) in [4.78, 5) is 33.8. The average Bonchev–Trinajstić information content (AvgIpc) is 3.14. The summed E-state index contributed by atoms with van der Waals surface area (Å²) >= 11 is 1.60. The van der Waals surface area contributed by atoms with Gasteiger partial charge in [0, 0.05) is 23.5 Å². The Bertz CT molecular complexity index is 858. The normalized spacial score (nSPS) is 13.2. The summed E-state index contributed by atoms with van der Waals surface area (Å²) in [5.74, 6) is -1.98. The molecule has 1 heterocycles. The van der Waals surface area contributed by atoms with E-state index in [-0.39, 0.29) is 5.92 Å². The summed E-state index contributed by atoms with van der Waals surface area (Å²) in [6.07, 6.45) is 4.64. The number of fused-ring (bicyclic) bond motifs is 1. The third-order valence-electron chi connectivity index (χ3n) is 4.39. The van der Waals surface area contributed by atoms with Crippen LogP contribution in [0.1, 0.15) is 25.8 Å². The number of nitrogens with two attached hydrogens (primary N) is 3. The van der Waals surface area contributed by atoms with E-state index >= 15 is 0 Å². The number of carboxylic acid groups (broad SMARTS) is 3. The molecule has 0 aliphatic rings. The maximum absolute atomic E-state index is 10.6. The average molecular weight is 471 g/mol. The second-order valence-corrected chi connectivity index (χ2v) is 8.33. The van der Waals surface area contributed by atoms with Crippen molar-refractivity contribution in [2.45, 2.75) is 44.8 Å². The summed E-state index contributed by atoms with van der Waals surface area (Å²) in [6, 6.07) is 5.52. The number of aromatic nitrogens is 1. The molecule has 180 valence electrons. The van der Waals surface area contributed by atoms with Gasteiger partial charge in [-0.1, -0.05) is 32.0 Å². The summed E-state index contributed by atoms with van der Waals surface area (Å²) in [5.41, 5.74) is 17.8. The largest absolute Gasteiger partial charge is 0.480 e. The first-order chi connectivity index (χ1) is 14.9. The lowest BCUT2D eigenvalue weighted by Gasteiger charge is -2.07. The molecule has 0 saturated heterocycles. The van der Waals surface area contributed by atoms with E-state index in [1.807, 2.05) is 36.7 Å². The van der Waals surface area contributed by atoms with Crippen LogP contribution in [0.2, 0.25) is 0 Å². The van der Waals surface area contributed by atoms with Crippen LogP contribution in [0.3, 0.4) is 0 Å². The van der Waals surface area contributed by atoms with Crippen molar-refractivity contribution in [1.82, 2.24) is 4.98 Å². The zero-order valence-electron chi connectivity index (χ0n) is 18.5. The van der Waals surface area contributed by atoms with Crippen LogP contribution in [0.5, 0.6) is 0 Å². The number of rotatable bonds is 9. The van der Waals surface area contributed by atoms with Crippen LogP contribution in [-0.4, -0.2) is 68.3 Å². The van der Waals surface area contributed by atoms with Crippen LogP contribution in [0.25, 0.3) is 10.9 Å². The molecule has 1 aromatic carbocycles. The number of hydrogen-bond donors (Lipinski definition) is 7. The first-order valence-corrected chi connectivity index (χ1v) is 11.3. The zero-order valence-corrected chi connectivity index (χ0v) is 19.3. The minimum Gasteiger partial charge on any atom is -0.480 e. The maximum Gasteiger partial charge on any atom is 0.320 e. The van der Waals surface area contributed by atoms with Crippen LogP contribution in [0.15, 0.2) is 30.5 Å². The number of carboxylic acids is 3. The van der Waals surface area contributed by atoms with Gasteiger partial charge in [-0.05, 0) is 36.0 Å². The van der Waals surface area contributed by atoms with Crippen molar-refractivity contribution in [3.05, 3.63) is 36.0 Å². The van der Waals surface area contributed by atoms with Gasteiger partial charge in [0.1, 0.15) is 18.1 Å². The van der Waals surface area contributed by atoms with Crippen LogP contribution in [0, 0.1) is 5.92 Å². The molecule has 2 rings (SSSR count). The van der Waals surface area contributed by atoms with E-state index < -0.39 is 36.0 Å². The fraction of sp³-hybridized carbons (Fsp3) is 0.476. The molecule has 0 fully saturated rings. The van der Waals surface area contributed by atoms with Crippen LogP contribution in [0.4, 0.5) is 0 Å². The summed E-state index contributed by atoms with van der Waals surface area (Å²) in [5, 5.41) is 26.3. The molecule has 0 radical (unpaired) electrons. The molecule has 0 aliphatic carbocycles. The number of thioether (sulfide) groups is 1. The Morgan fingerprint density at radius 3 is 1.97 bits per heavy atom. The van der Waals surface area contributed by atoms with Crippen molar-refractivity contribution >= 4 is 40.6 Å². The fourth-order valence-corrected chi connectivity index (χ4v) is 2.77. The third kappa shape index (κ3) is 11.1. The predicted molar refractivity (Wildman–Crippen MR) is 127 cm³/mol. The monoisotopic (exact) mass is 470 g/mol. The number of hydrogen-bond acceptors (Lipinski definition) is 7. The molecule has 32 heavy (non-hydrogen) atoms. The van der Waals surface area contributed by atoms with Crippen molar-refractivity contribution in [1.29, 1.82) is 0 Å². The minimum atomic E-state index is -0.972. The number of para-hydroxylation sites is 1. The van der Waals surface area contributed by atoms with Crippen LogP contribution in [-0.2, 0) is 20.8 Å². The number of aromatic amines is 1. The second-order valence-electron chi connectivity index (χ2n) is 7.34. The van der Waals surface area contributed by atoms with Gasteiger partial charge in [0.2, 0.25) is 0 Å². The Kier molecular flexibility index (Phi) is 14.0. The highest BCUT2D eigenvalue weighted by atomic mass is 32.2. The minimum absolute atomic E-state index is 0.0208. The van der Waals surface area contributed by atoms with Gasteiger partial charge in [-0.25, -0.2) is 0 Å². The van der Waals surface area contributed by atoms with E-state index in [2.05, 4.69) is 4.98 Å². The molecule has 2 aromatic rings. The van der Waals surface area contributed by atoms with E-state index in [0.717, 1.165) is 22.2 Å². The molecule has 0 spiro atoms. The Hall–Kier alpha value is -2.60. The molecule has 0 bridgehead atoms. The second kappa shape index (κ2) is 15.2. The topological polar surface area (TPSA) is 206 Å². The van der Waals surface area contributed by atoms with Crippen molar-refractivity contribution in [2.24, 2.45) is 23.1 Å². The van der Waals surface area contributed by atoms with Crippen molar-refractivity contribution in [3.63, 3.8) is 0 Å². The SMILES string of the molecule is CC(C)C(N)C(=O)O.CSCCC(N)C(=O)O.NC(Cc1c[nH]c2ccccc12)C(=O)O. The number of carbonyl (C=O) groups is 3. The molecule has 0 saturated carbocycles. The van der Waals surface area contributed by atoms with E-state index in [9.17, 15) is 14.4 Å². The standard InChI is InChI=1S/C11H12N2O2.C5H11NO2S.C5H11NO2/c12-9(11(14)15)5-7-6-13-10-4-2-1-3-8(7)10;1-9-3-2-4(6)5(7)8;1-3(2)4(6)5(7)8/h1-4,6,9,13H,5,12H2,(H,14,15);4H,2-3,6H2,1H3,(H,7,8);3-4H,6H2,1-2H3,(H,7,8). The van der Waals surface area contributed by atoms with E-state index in [1.54, 1.807) is 25.6 Å². The van der Waals surface area contributed by atoms with Gasteiger partial charge in [-0.3, -0.25) is 14.4 Å². The molecule has 11 heteroatoms. The zero-order chi connectivity index (χ0) is 24.8. The molecule has 3 atom stereocenters. The van der Waals surface area contributed by atoms with Gasteiger partial charge in [0.05, 0.1) is 0 Å². The number of nitrogens with one attached hydrogen (secondary N) is 1.